The van der Waals surface area contributed by atoms with E-state index in [9.17, 15) is 14.9 Å². The third kappa shape index (κ3) is 3.03. The molecular formula is C18H13N3O2S. The minimum Gasteiger partial charge on any atom is -0.319 e. The normalized spacial score (nSPS) is 11.7. The highest BCUT2D eigenvalue weighted by Crippen LogP contribution is 2.28. The van der Waals surface area contributed by atoms with E-state index < -0.39 is 17.6 Å². The van der Waals surface area contributed by atoms with Gasteiger partial charge in [0.15, 0.2) is 5.92 Å². The molecule has 6 heteroatoms. The Labute approximate surface area is 142 Å². The number of carbonyl (C=O) groups is 2. The topological polar surface area (TPSA) is 82.9 Å². The molecule has 0 unspecified atom stereocenters. The highest BCUT2D eigenvalue weighted by atomic mass is 32.1. The molecule has 0 saturated carbocycles. The van der Waals surface area contributed by atoms with Crippen LogP contribution in [0.5, 0.6) is 0 Å². The Kier molecular flexibility index (Phi) is 4.36. The van der Waals surface area contributed by atoms with Crippen molar-refractivity contribution < 1.29 is 9.59 Å². The van der Waals surface area contributed by atoms with Crippen LogP contribution < -0.4 is 5.32 Å². The molecule has 3 aromatic rings. The highest BCUT2D eigenvalue weighted by Gasteiger charge is 2.30. The Morgan fingerprint density at radius 3 is 2.58 bits per heavy atom. The summed E-state index contributed by atoms with van der Waals surface area (Å²) in [5.41, 5.74) is 2.11. The van der Waals surface area contributed by atoms with Gasteiger partial charge in [0, 0.05) is 5.69 Å². The SMILES string of the molecule is Cc1ccccc1NC(=O)C(=O)[C@H](C#N)c1nc2ccccc2s1. The van der Waals surface area contributed by atoms with E-state index >= 15 is 0 Å². The first-order chi connectivity index (χ1) is 11.6. The lowest BCUT2D eigenvalue weighted by Gasteiger charge is -2.08. The van der Waals surface area contributed by atoms with E-state index in [-0.39, 0.29) is 0 Å². The number of amides is 1. The summed E-state index contributed by atoms with van der Waals surface area (Å²) in [7, 11) is 0. The molecule has 1 heterocycles. The van der Waals surface area contributed by atoms with Gasteiger partial charge in [0.05, 0.1) is 16.3 Å². The molecule has 1 atom stereocenters. The van der Waals surface area contributed by atoms with Crippen molar-refractivity contribution in [1.82, 2.24) is 4.98 Å². The average Bonchev–Trinajstić information content (AvgIpc) is 3.01. The fourth-order valence-corrected chi connectivity index (χ4v) is 3.28. The zero-order valence-corrected chi connectivity index (χ0v) is 13.6. The molecule has 0 bridgehead atoms. The number of nitrogens with zero attached hydrogens (tertiary/aromatic N) is 2. The molecular weight excluding hydrogens is 322 g/mol. The van der Waals surface area contributed by atoms with Crippen LogP contribution in [0.15, 0.2) is 48.5 Å². The first kappa shape index (κ1) is 15.8. The van der Waals surface area contributed by atoms with Gasteiger partial charge in [-0.1, -0.05) is 30.3 Å². The lowest BCUT2D eigenvalue weighted by atomic mass is 10.1. The second kappa shape index (κ2) is 6.60. The van der Waals surface area contributed by atoms with Crippen molar-refractivity contribution in [3.63, 3.8) is 0 Å². The van der Waals surface area contributed by atoms with Gasteiger partial charge in [-0.25, -0.2) is 4.98 Å². The number of ketones is 1. The van der Waals surface area contributed by atoms with Crippen LogP contribution in [0, 0.1) is 18.3 Å². The van der Waals surface area contributed by atoms with Gasteiger partial charge in [0.25, 0.3) is 5.91 Å². The fourth-order valence-electron chi connectivity index (χ4n) is 2.27. The first-order valence-corrected chi connectivity index (χ1v) is 8.07. The Hall–Kier alpha value is -3.04. The number of fused-ring (bicyclic) bond motifs is 1. The predicted octanol–water partition coefficient (Wildman–Crippen LogP) is 3.42. The van der Waals surface area contributed by atoms with E-state index in [1.54, 1.807) is 12.1 Å². The molecule has 0 spiro atoms. The second-order valence-electron chi connectivity index (χ2n) is 5.22. The van der Waals surface area contributed by atoms with Crippen LogP contribution in [-0.4, -0.2) is 16.7 Å². The summed E-state index contributed by atoms with van der Waals surface area (Å²) in [4.78, 5) is 28.9. The standard InChI is InChI=1S/C18H13N3O2S/c1-11-6-2-3-7-13(11)20-17(23)16(22)12(10-19)18-21-14-8-4-5-9-15(14)24-18/h2-9,12H,1H3,(H,20,23)/t12-/m0/s1. The molecule has 1 N–H and O–H groups in total. The van der Waals surface area contributed by atoms with Crippen LogP contribution in [0.3, 0.4) is 0 Å². The molecule has 2 aromatic carbocycles. The number of hydrogen-bond acceptors (Lipinski definition) is 5. The van der Waals surface area contributed by atoms with E-state index in [0.29, 0.717) is 16.2 Å². The summed E-state index contributed by atoms with van der Waals surface area (Å²) in [6, 6.07) is 16.4. The van der Waals surface area contributed by atoms with Crippen LogP contribution >= 0.6 is 11.3 Å². The van der Waals surface area contributed by atoms with Gasteiger partial charge < -0.3 is 5.32 Å². The number of Topliss-reactive ketones (excluding diaryl/α,β-unsaturated/α-hetero) is 1. The van der Waals surface area contributed by atoms with E-state index in [1.807, 2.05) is 49.4 Å². The molecule has 0 saturated heterocycles. The van der Waals surface area contributed by atoms with Gasteiger partial charge >= 0.3 is 0 Å². The molecule has 0 aliphatic rings. The van der Waals surface area contributed by atoms with Crippen LogP contribution in [-0.2, 0) is 9.59 Å². The quantitative estimate of drug-likeness (QED) is 0.741. The van der Waals surface area contributed by atoms with E-state index in [0.717, 1.165) is 10.3 Å². The lowest BCUT2D eigenvalue weighted by molar-refractivity contribution is -0.135. The Morgan fingerprint density at radius 2 is 1.88 bits per heavy atom. The summed E-state index contributed by atoms with van der Waals surface area (Å²) >= 11 is 1.25. The fraction of sp³-hybridized carbons (Fsp3) is 0.111. The number of anilines is 1. The van der Waals surface area contributed by atoms with Crippen LogP contribution in [0.25, 0.3) is 10.2 Å². The van der Waals surface area contributed by atoms with Crippen molar-refractivity contribution in [1.29, 1.82) is 5.26 Å². The first-order valence-electron chi connectivity index (χ1n) is 7.26. The number of aromatic nitrogens is 1. The number of nitrogens with one attached hydrogen (secondary N) is 1. The smallest absolute Gasteiger partial charge is 0.293 e. The monoisotopic (exact) mass is 335 g/mol. The van der Waals surface area contributed by atoms with Crippen molar-refractivity contribution in [3.8, 4) is 6.07 Å². The number of para-hydroxylation sites is 2. The van der Waals surface area contributed by atoms with E-state index in [2.05, 4.69) is 10.3 Å². The number of hydrogen-bond donors (Lipinski definition) is 1. The zero-order chi connectivity index (χ0) is 17.1. The van der Waals surface area contributed by atoms with E-state index in [4.69, 9.17) is 0 Å². The van der Waals surface area contributed by atoms with Crippen molar-refractivity contribution in [3.05, 3.63) is 59.1 Å². The largest absolute Gasteiger partial charge is 0.319 e. The van der Waals surface area contributed by atoms with Crippen molar-refractivity contribution in [2.45, 2.75) is 12.8 Å². The maximum absolute atomic E-state index is 12.4. The number of benzene rings is 2. The second-order valence-corrected chi connectivity index (χ2v) is 6.28. The van der Waals surface area contributed by atoms with Crippen molar-refractivity contribution in [2.24, 2.45) is 0 Å². The summed E-state index contributed by atoms with van der Waals surface area (Å²) < 4.78 is 0.875. The van der Waals surface area contributed by atoms with Crippen molar-refractivity contribution in [2.75, 3.05) is 5.32 Å². The van der Waals surface area contributed by atoms with E-state index in [1.165, 1.54) is 11.3 Å². The number of carbonyl (C=O) groups excluding carboxylic acids is 2. The van der Waals surface area contributed by atoms with Gasteiger partial charge in [-0.15, -0.1) is 11.3 Å². The molecule has 0 aliphatic carbocycles. The van der Waals surface area contributed by atoms with Gasteiger partial charge in [-0.3, -0.25) is 9.59 Å². The van der Waals surface area contributed by atoms with Crippen LogP contribution in [0.1, 0.15) is 16.5 Å². The molecule has 1 amide bonds. The lowest BCUT2D eigenvalue weighted by Crippen LogP contribution is -2.28. The van der Waals surface area contributed by atoms with Crippen LogP contribution in [0.2, 0.25) is 0 Å². The number of thiazole rings is 1. The molecule has 24 heavy (non-hydrogen) atoms. The van der Waals surface area contributed by atoms with Gasteiger partial charge in [-0.2, -0.15) is 5.26 Å². The molecule has 0 aliphatic heterocycles. The molecule has 0 radical (unpaired) electrons. The Balaban J connectivity index is 1.85. The maximum atomic E-state index is 12.4. The minimum atomic E-state index is -1.20. The van der Waals surface area contributed by atoms with Crippen molar-refractivity contribution >= 4 is 38.9 Å². The predicted molar refractivity (Wildman–Crippen MR) is 92.8 cm³/mol. The average molecular weight is 335 g/mol. The maximum Gasteiger partial charge on any atom is 0.293 e. The molecule has 118 valence electrons. The Bertz CT molecular complexity index is 939. The molecule has 3 rings (SSSR count). The minimum absolute atomic E-state index is 0.337. The number of rotatable bonds is 4. The van der Waals surface area contributed by atoms with Gasteiger partial charge in [-0.05, 0) is 30.7 Å². The zero-order valence-electron chi connectivity index (χ0n) is 12.8. The van der Waals surface area contributed by atoms with Gasteiger partial charge in [0.1, 0.15) is 5.01 Å². The summed E-state index contributed by atoms with van der Waals surface area (Å²) in [6.45, 7) is 1.83. The third-order valence-corrected chi connectivity index (χ3v) is 4.67. The van der Waals surface area contributed by atoms with Crippen LogP contribution in [0.4, 0.5) is 5.69 Å². The molecule has 5 nitrogen and oxygen atoms in total. The number of nitriles is 1. The summed E-state index contributed by atoms with van der Waals surface area (Å²) in [5, 5.41) is 12.3. The highest BCUT2D eigenvalue weighted by molar-refractivity contribution is 7.18. The molecule has 1 aromatic heterocycles. The molecule has 0 fully saturated rings. The third-order valence-electron chi connectivity index (χ3n) is 3.57. The summed E-state index contributed by atoms with van der Waals surface area (Å²) in [6.07, 6.45) is 0. The summed E-state index contributed by atoms with van der Waals surface area (Å²) in [5.74, 6) is -2.82. The number of aryl methyl sites for hydroxylation is 1. The Morgan fingerprint density at radius 1 is 1.17 bits per heavy atom. The van der Waals surface area contributed by atoms with Gasteiger partial charge in [0.2, 0.25) is 5.78 Å².